The van der Waals surface area contributed by atoms with Gasteiger partial charge in [0, 0.05) is 11.8 Å². The lowest BCUT2D eigenvalue weighted by atomic mass is 9.85. The van der Waals surface area contributed by atoms with Gasteiger partial charge in [-0.25, -0.2) is 4.98 Å². The van der Waals surface area contributed by atoms with Crippen molar-refractivity contribution in [1.29, 1.82) is 0 Å². The highest BCUT2D eigenvalue weighted by Gasteiger charge is 2.64. The van der Waals surface area contributed by atoms with Crippen LogP contribution in [0.2, 0.25) is 5.02 Å². The first-order chi connectivity index (χ1) is 15.0. The molecule has 2 aromatic carbocycles. The summed E-state index contributed by atoms with van der Waals surface area (Å²) in [4.78, 5) is 30.8. The first-order valence-electron chi connectivity index (χ1n) is 9.74. The normalized spacial score (nSPS) is 19.4. The molecule has 0 aliphatic heterocycles. The Morgan fingerprint density at radius 2 is 1.77 bits per heavy atom. The number of amides is 1. The number of benzene rings is 2. The van der Waals surface area contributed by atoms with Crippen LogP contribution in [0, 0.1) is 5.92 Å². The summed E-state index contributed by atoms with van der Waals surface area (Å²) in [5, 5.41) is 3.28. The summed E-state index contributed by atoms with van der Waals surface area (Å²) in [5.41, 5.74) is 0.317. The maximum Gasteiger partial charge on any atom is 0.230 e. The summed E-state index contributed by atoms with van der Waals surface area (Å²) in [6.07, 6.45) is 1.87. The van der Waals surface area contributed by atoms with Crippen LogP contribution in [0.5, 0.6) is 11.5 Å². The van der Waals surface area contributed by atoms with E-state index in [0.717, 1.165) is 5.56 Å². The molecule has 1 aliphatic rings. The van der Waals surface area contributed by atoms with Gasteiger partial charge in [0.15, 0.2) is 17.3 Å². The lowest BCUT2D eigenvalue weighted by Crippen LogP contribution is -2.28. The molecular formula is C24H21ClN2O4. The molecule has 0 radical (unpaired) electrons. The molecule has 31 heavy (non-hydrogen) atoms. The van der Waals surface area contributed by atoms with Crippen molar-refractivity contribution in [2.45, 2.75) is 11.8 Å². The van der Waals surface area contributed by atoms with E-state index in [1.54, 1.807) is 30.3 Å². The van der Waals surface area contributed by atoms with E-state index >= 15 is 0 Å². The largest absolute Gasteiger partial charge is 0.493 e. The van der Waals surface area contributed by atoms with Crippen LogP contribution in [0.1, 0.15) is 22.3 Å². The second kappa shape index (κ2) is 8.40. The molecule has 1 N–H and O–H groups in total. The Kier molecular flexibility index (Phi) is 5.65. The third kappa shape index (κ3) is 3.86. The molecule has 1 aliphatic carbocycles. The fraction of sp³-hybridized carbons (Fsp3) is 0.208. The van der Waals surface area contributed by atoms with Crippen LogP contribution in [-0.4, -0.2) is 30.9 Å². The monoisotopic (exact) mass is 436 g/mol. The van der Waals surface area contributed by atoms with Gasteiger partial charge in [0.25, 0.3) is 0 Å². The number of hydrogen-bond acceptors (Lipinski definition) is 5. The number of ketones is 1. The van der Waals surface area contributed by atoms with Gasteiger partial charge < -0.3 is 14.8 Å². The molecule has 0 spiro atoms. The number of hydrogen-bond donors (Lipinski definition) is 1. The van der Waals surface area contributed by atoms with Gasteiger partial charge in [0.2, 0.25) is 5.91 Å². The molecule has 4 rings (SSSR count). The van der Waals surface area contributed by atoms with E-state index in [0.29, 0.717) is 34.3 Å². The topological polar surface area (TPSA) is 77.5 Å². The highest BCUT2D eigenvalue weighted by molar-refractivity contribution is 6.30. The minimum atomic E-state index is -0.947. The zero-order chi connectivity index (χ0) is 22.0. The smallest absolute Gasteiger partial charge is 0.230 e. The Morgan fingerprint density at radius 1 is 1.03 bits per heavy atom. The number of nitrogens with one attached hydrogen (secondary N) is 1. The number of ether oxygens (including phenoxy) is 2. The number of aromatic nitrogens is 1. The molecule has 6 nitrogen and oxygen atoms in total. The first kappa shape index (κ1) is 20.9. The van der Waals surface area contributed by atoms with Gasteiger partial charge in [-0.1, -0.05) is 41.9 Å². The van der Waals surface area contributed by atoms with Crippen LogP contribution in [-0.2, 0) is 10.2 Å². The predicted molar refractivity (Wildman–Crippen MR) is 118 cm³/mol. The molecule has 2 atom stereocenters. The lowest BCUT2D eigenvalue weighted by molar-refractivity contribution is -0.117. The van der Waals surface area contributed by atoms with Crippen molar-refractivity contribution in [1.82, 2.24) is 4.98 Å². The Hall–Kier alpha value is -3.38. The summed E-state index contributed by atoms with van der Waals surface area (Å²) in [6.45, 7) is 0. The molecule has 3 aromatic rings. The second-order valence-corrected chi connectivity index (χ2v) is 7.78. The SMILES string of the molecule is COc1ccc(C(=O)C2(c3ccccc3)CC2C(=O)Nc2ccc(Cl)cn2)cc1OC. The van der Waals surface area contributed by atoms with Crippen LogP contribution in [0.25, 0.3) is 0 Å². The summed E-state index contributed by atoms with van der Waals surface area (Å²) in [7, 11) is 3.06. The number of carbonyl (C=O) groups is 2. The van der Waals surface area contributed by atoms with Crippen molar-refractivity contribution >= 4 is 29.1 Å². The number of Topliss-reactive ketones (excluding diaryl/α,β-unsaturated/α-hetero) is 1. The number of pyridine rings is 1. The van der Waals surface area contributed by atoms with Crippen molar-refractivity contribution in [3.8, 4) is 11.5 Å². The van der Waals surface area contributed by atoms with Crippen LogP contribution < -0.4 is 14.8 Å². The molecule has 0 bridgehead atoms. The summed E-state index contributed by atoms with van der Waals surface area (Å²) < 4.78 is 10.6. The van der Waals surface area contributed by atoms with Gasteiger partial charge in [0.1, 0.15) is 5.82 Å². The number of rotatable bonds is 7. The minimum absolute atomic E-state index is 0.135. The Bertz CT molecular complexity index is 1120. The fourth-order valence-corrected chi connectivity index (χ4v) is 4.03. The molecule has 2 unspecified atom stereocenters. The third-order valence-electron chi connectivity index (χ3n) is 5.60. The highest BCUT2D eigenvalue weighted by atomic mass is 35.5. The first-order valence-corrected chi connectivity index (χ1v) is 10.1. The summed E-state index contributed by atoms with van der Waals surface area (Å²) in [5.74, 6) is 0.474. The van der Waals surface area contributed by atoms with E-state index in [4.69, 9.17) is 21.1 Å². The van der Waals surface area contributed by atoms with Gasteiger partial charge in [-0.3, -0.25) is 9.59 Å². The van der Waals surface area contributed by atoms with Crippen LogP contribution in [0.15, 0.2) is 66.9 Å². The second-order valence-electron chi connectivity index (χ2n) is 7.34. The standard InChI is InChI=1S/C24H21ClN2O4/c1-30-19-10-8-15(12-20(19)31-2)22(28)24(16-6-4-3-5-7-16)13-18(24)23(29)27-21-11-9-17(25)14-26-21/h3-12,14,18H,13H2,1-2H3,(H,26,27,29). The third-order valence-corrected chi connectivity index (χ3v) is 5.82. The average molecular weight is 437 g/mol. The molecular weight excluding hydrogens is 416 g/mol. The molecule has 0 saturated heterocycles. The molecule has 1 fully saturated rings. The molecule has 1 heterocycles. The molecule has 1 aromatic heterocycles. The van der Waals surface area contributed by atoms with E-state index in [1.807, 2.05) is 30.3 Å². The number of methoxy groups -OCH3 is 2. The van der Waals surface area contributed by atoms with Gasteiger partial charge in [-0.15, -0.1) is 0 Å². The van der Waals surface area contributed by atoms with Crippen molar-refractivity contribution in [2.24, 2.45) is 5.92 Å². The predicted octanol–water partition coefficient (Wildman–Crippen LogP) is 4.53. The van der Waals surface area contributed by atoms with E-state index < -0.39 is 11.3 Å². The number of halogens is 1. The summed E-state index contributed by atoms with van der Waals surface area (Å²) >= 11 is 5.87. The minimum Gasteiger partial charge on any atom is -0.493 e. The lowest BCUT2D eigenvalue weighted by Gasteiger charge is -2.18. The van der Waals surface area contributed by atoms with Gasteiger partial charge in [-0.05, 0) is 42.3 Å². The maximum absolute atomic E-state index is 13.7. The molecule has 1 amide bonds. The van der Waals surface area contributed by atoms with Gasteiger partial charge >= 0.3 is 0 Å². The van der Waals surface area contributed by atoms with Crippen LogP contribution in [0.3, 0.4) is 0 Å². The van der Waals surface area contributed by atoms with Crippen molar-refractivity contribution in [3.63, 3.8) is 0 Å². The number of carbonyl (C=O) groups excluding carboxylic acids is 2. The molecule has 1 saturated carbocycles. The van der Waals surface area contributed by atoms with E-state index in [1.165, 1.54) is 20.4 Å². The van der Waals surface area contributed by atoms with Crippen molar-refractivity contribution in [3.05, 3.63) is 83.0 Å². The van der Waals surface area contributed by atoms with E-state index in [2.05, 4.69) is 10.3 Å². The van der Waals surface area contributed by atoms with Crippen molar-refractivity contribution in [2.75, 3.05) is 19.5 Å². The maximum atomic E-state index is 13.7. The Labute approximate surface area is 185 Å². The zero-order valence-corrected chi connectivity index (χ0v) is 17.8. The quantitative estimate of drug-likeness (QED) is 0.550. The van der Waals surface area contributed by atoms with Gasteiger partial charge in [0.05, 0.1) is 30.6 Å². The highest BCUT2D eigenvalue weighted by Crippen LogP contribution is 2.57. The number of nitrogens with zero attached hydrogens (tertiary/aromatic N) is 1. The van der Waals surface area contributed by atoms with E-state index in [9.17, 15) is 9.59 Å². The Balaban J connectivity index is 1.67. The average Bonchev–Trinajstić information content (AvgIpc) is 3.57. The fourth-order valence-electron chi connectivity index (χ4n) is 3.91. The van der Waals surface area contributed by atoms with Gasteiger partial charge in [-0.2, -0.15) is 0 Å². The Morgan fingerprint density at radius 3 is 2.42 bits per heavy atom. The molecule has 158 valence electrons. The van der Waals surface area contributed by atoms with Crippen molar-refractivity contribution < 1.29 is 19.1 Å². The van der Waals surface area contributed by atoms with Crippen LogP contribution in [0.4, 0.5) is 5.82 Å². The van der Waals surface area contributed by atoms with Crippen LogP contribution >= 0.6 is 11.6 Å². The molecule has 7 heteroatoms. The van der Waals surface area contributed by atoms with E-state index in [-0.39, 0.29) is 11.7 Å². The number of anilines is 1. The summed E-state index contributed by atoms with van der Waals surface area (Å²) in [6, 6.07) is 17.7. The zero-order valence-electron chi connectivity index (χ0n) is 17.1.